The molecule has 226 valence electrons. The van der Waals surface area contributed by atoms with Gasteiger partial charge in [-0.1, -0.05) is 60.7 Å². The predicted octanol–water partition coefficient (Wildman–Crippen LogP) is 4.63. The molecule has 44 heavy (non-hydrogen) atoms. The molecule has 9 nitrogen and oxygen atoms in total. The molecule has 0 aliphatic carbocycles. The van der Waals surface area contributed by atoms with Crippen LogP contribution in [0, 0.1) is 6.92 Å². The molecule has 0 saturated carbocycles. The van der Waals surface area contributed by atoms with Gasteiger partial charge in [0.25, 0.3) is 21.8 Å². The van der Waals surface area contributed by atoms with Crippen molar-refractivity contribution in [2.24, 2.45) is 0 Å². The van der Waals surface area contributed by atoms with Gasteiger partial charge in [-0.3, -0.25) is 13.9 Å². The molecule has 10 heteroatoms. The van der Waals surface area contributed by atoms with Crippen molar-refractivity contribution in [2.75, 3.05) is 28.9 Å². The summed E-state index contributed by atoms with van der Waals surface area (Å²) in [6.45, 7) is 2.22. The second-order valence-corrected chi connectivity index (χ2v) is 12.7. The normalized spacial score (nSPS) is 15.9. The highest BCUT2D eigenvalue weighted by atomic mass is 32.2. The van der Waals surface area contributed by atoms with Gasteiger partial charge in [0.05, 0.1) is 22.8 Å². The fraction of sp³-hybridized carbons (Fsp3) is 0.235. The summed E-state index contributed by atoms with van der Waals surface area (Å²) in [6.07, 6.45) is 0.691. The topological polar surface area (TPSA) is 105 Å². The van der Waals surface area contributed by atoms with Crippen molar-refractivity contribution in [2.45, 2.75) is 37.3 Å². The average Bonchev–Trinajstić information content (AvgIpc) is 3.06. The van der Waals surface area contributed by atoms with E-state index in [-0.39, 0.29) is 29.9 Å². The second-order valence-electron chi connectivity index (χ2n) is 10.8. The van der Waals surface area contributed by atoms with Crippen LogP contribution >= 0.6 is 0 Å². The predicted molar refractivity (Wildman–Crippen MR) is 167 cm³/mol. The van der Waals surface area contributed by atoms with Gasteiger partial charge in [0.1, 0.15) is 11.5 Å². The number of carbonyl (C=O) groups is 2. The summed E-state index contributed by atoms with van der Waals surface area (Å²) in [6, 6.07) is 28.8. The van der Waals surface area contributed by atoms with Crippen LogP contribution in [0.2, 0.25) is 0 Å². The Morgan fingerprint density at radius 2 is 1.66 bits per heavy atom. The highest BCUT2D eigenvalue weighted by Crippen LogP contribution is 2.35. The summed E-state index contributed by atoms with van der Waals surface area (Å²) in [4.78, 5) is 28.1. The van der Waals surface area contributed by atoms with Crippen molar-refractivity contribution in [1.82, 2.24) is 5.32 Å². The fourth-order valence-corrected chi connectivity index (χ4v) is 7.17. The minimum Gasteiger partial charge on any atom is -0.483 e. The smallest absolute Gasteiger partial charge is 0.265 e. The lowest BCUT2D eigenvalue weighted by Gasteiger charge is -2.34. The Hall–Kier alpha value is -4.83. The van der Waals surface area contributed by atoms with Crippen LogP contribution in [0.5, 0.6) is 11.5 Å². The molecule has 4 aromatic carbocycles. The molecule has 2 heterocycles. The van der Waals surface area contributed by atoms with E-state index in [4.69, 9.17) is 9.47 Å². The minimum absolute atomic E-state index is 0.0211. The van der Waals surface area contributed by atoms with Crippen LogP contribution in [-0.4, -0.2) is 46.0 Å². The van der Waals surface area contributed by atoms with Gasteiger partial charge in [0.15, 0.2) is 12.7 Å². The van der Waals surface area contributed by atoms with E-state index < -0.39 is 16.1 Å². The van der Waals surface area contributed by atoms with Crippen LogP contribution in [0.3, 0.4) is 0 Å². The highest BCUT2D eigenvalue weighted by Gasteiger charge is 2.34. The zero-order chi connectivity index (χ0) is 30.7. The first kappa shape index (κ1) is 29.3. The number of carbonyl (C=O) groups excluding carboxylic acids is 2. The van der Waals surface area contributed by atoms with E-state index in [2.05, 4.69) is 5.32 Å². The SMILES string of the molecule is Cc1cc(S(=O)(=O)N2CCCc3ccccc32)ccc1OCC(=O)N1C[C@H](C(=O)NCc2ccccc2)Oc2ccccc21. The molecule has 2 aliphatic rings. The minimum atomic E-state index is -3.78. The molecule has 2 aliphatic heterocycles. The van der Waals surface area contributed by atoms with E-state index in [1.165, 1.54) is 15.3 Å². The number of anilines is 2. The Bertz CT molecular complexity index is 1790. The zero-order valence-electron chi connectivity index (χ0n) is 24.3. The molecule has 0 saturated heterocycles. The van der Waals surface area contributed by atoms with E-state index in [0.717, 1.165) is 24.0 Å². The number of nitrogens with one attached hydrogen (secondary N) is 1. The number of aryl methyl sites for hydroxylation is 2. The Kier molecular flexibility index (Phi) is 8.25. The van der Waals surface area contributed by atoms with Crippen molar-refractivity contribution in [3.05, 3.63) is 114 Å². The third-order valence-corrected chi connectivity index (χ3v) is 9.64. The summed E-state index contributed by atoms with van der Waals surface area (Å²) in [5.74, 6) is 0.140. The zero-order valence-corrected chi connectivity index (χ0v) is 25.1. The summed E-state index contributed by atoms with van der Waals surface area (Å²) < 4.78 is 40.5. The van der Waals surface area contributed by atoms with Gasteiger partial charge in [-0.05, 0) is 72.9 Å². The average molecular weight is 612 g/mol. The number of hydrogen-bond donors (Lipinski definition) is 1. The molecule has 0 fully saturated rings. The number of rotatable bonds is 8. The molecule has 2 amide bonds. The lowest BCUT2D eigenvalue weighted by Crippen LogP contribution is -2.51. The van der Waals surface area contributed by atoms with Crippen LogP contribution in [-0.2, 0) is 32.6 Å². The fourth-order valence-electron chi connectivity index (χ4n) is 5.54. The van der Waals surface area contributed by atoms with E-state index in [1.807, 2.05) is 54.6 Å². The molecular formula is C34H33N3O6S. The quantitative estimate of drug-likeness (QED) is 0.312. The number of nitrogens with zero attached hydrogens (tertiary/aromatic N) is 2. The molecule has 0 unspecified atom stereocenters. The number of para-hydroxylation sites is 3. The van der Waals surface area contributed by atoms with Crippen molar-refractivity contribution >= 4 is 33.2 Å². The number of sulfonamides is 1. The number of ether oxygens (including phenoxy) is 2. The monoisotopic (exact) mass is 611 g/mol. The van der Waals surface area contributed by atoms with Gasteiger partial charge in [-0.25, -0.2) is 8.42 Å². The van der Waals surface area contributed by atoms with Gasteiger partial charge in [-0.2, -0.15) is 0 Å². The third-order valence-electron chi connectivity index (χ3n) is 7.83. The van der Waals surface area contributed by atoms with E-state index in [9.17, 15) is 18.0 Å². The lowest BCUT2D eigenvalue weighted by molar-refractivity contribution is -0.128. The Labute approximate surface area is 257 Å². The molecular weight excluding hydrogens is 578 g/mol. The van der Waals surface area contributed by atoms with Gasteiger partial charge < -0.3 is 19.7 Å². The first-order chi connectivity index (χ1) is 21.3. The number of benzene rings is 4. The maximum Gasteiger partial charge on any atom is 0.265 e. The van der Waals surface area contributed by atoms with Gasteiger partial charge in [0.2, 0.25) is 0 Å². The number of fused-ring (bicyclic) bond motifs is 2. The van der Waals surface area contributed by atoms with Crippen molar-refractivity contribution in [3.8, 4) is 11.5 Å². The standard InChI is InChI=1S/C34H33N3O6S/c1-24-20-27(44(40,41)37-19-9-13-26-12-5-6-14-28(26)37)17-18-30(24)42-23-33(38)36-22-32(43-31-16-8-7-15-29(31)36)34(39)35-21-25-10-3-2-4-11-25/h2-8,10-12,14-18,20,32H,9,13,19,21-23H2,1H3,(H,35,39)/t32-/m1/s1. The molecule has 1 atom stereocenters. The number of hydrogen-bond acceptors (Lipinski definition) is 6. The molecule has 1 N–H and O–H groups in total. The molecule has 0 bridgehead atoms. The van der Waals surface area contributed by atoms with E-state index in [1.54, 1.807) is 43.3 Å². The molecule has 0 aromatic heterocycles. The van der Waals surface area contributed by atoms with E-state index in [0.29, 0.717) is 41.5 Å². The first-order valence-corrected chi connectivity index (χ1v) is 16.0. The molecule has 4 aromatic rings. The molecule has 0 radical (unpaired) electrons. The summed E-state index contributed by atoms with van der Waals surface area (Å²) in [5, 5.41) is 2.89. The molecule has 6 rings (SSSR count). The van der Waals surface area contributed by atoms with Crippen LogP contribution in [0.25, 0.3) is 0 Å². The summed E-state index contributed by atoms with van der Waals surface area (Å²) in [7, 11) is -3.78. The van der Waals surface area contributed by atoms with Crippen molar-refractivity contribution < 1.29 is 27.5 Å². The lowest BCUT2D eigenvalue weighted by atomic mass is 10.0. The van der Waals surface area contributed by atoms with Crippen molar-refractivity contribution in [1.29, 1.82) is 0 Å². The number of amides is 2. The van der Waals surface area contributed by atoms with Crippen LogP contribution < -0.4 is 24.0 Å². The van der Waals surface area contributed by atoms with Gasteiger partial charge in [0, 0.05) is 13.1 Å². The Morgan fingerprint density at radius 1 is 0.932 bits per heavy atom. The Morgan fingerprint density at radius 3 is 2.45 bits per heavy atom. The van der Waals surface area contributed by atoms with Crippen LogP contribution in [0.1, 0.15) is 23.1 Å². The van der Waals surface area contributed by atoms with Crippen LogP contribution in [0.4, 0.5) is 11.4 Å². The van der Waals surface area contributed by atoms with Gasteiger partial charge in [-0.15, -0.1) is 0 Å². The summed E-state index contributed by atoms with van der Waals surface area (Å²) >= 11 is 0. The highest BCUT2D eigenvalue weighted by molar-refractivity contribution is 7.92. The maximum absolute atomic E-state index is 13.6. The molecule has 0 spiro atoms. The first-order valence-electron chi connectivity index (χ1n) is 14.5. The van der Waals surface area contributed by atoms with Crippen molar-refractivity contribution in [3.63, 3.8) is 0 Å². The summed E-state index contributed by atoms with van der Waals surface area (Å²) in [5.41, 5.74) is 3.81. The maximum atomic E-state index is 13.6. The Balaban J connectivity index is 1.14. The van der Waals surface area contributed by atoms with Gasteiger partial charge >= 0.3 is 0 Å². The second kappa shape index (κ2) is 12.4. The third kappa shape index (κ3) is 5.98. The largest absolute Gasteiger partial charge is 0.483 e. The van der Waals surface area contributed by atoms with Crippen LogP contribution in [0.15, 0.2) is 102 Å². The van der Waals surface area contributed by atoms with E-state index >= 15 is 0 Å².